The predicted molar refractivity (Wildman–Crippen MR) is 254 cm³/mol. The van der Waals surface area contributed by atoms with Gasteiger partial charge in [-0.3, -0.25) is 14.6 Å². The van der Waals surface area contributed by atoms with E-state index in [2.05, 4.69) is 157 Å². The van der Waals surface area contributed by atoms with Gasteiger partial charge in [-0.15, -0.1) is 15.3 Å². The quantitative estimate of drug-likeness (QED) is 0.219. The van der Waals surface area contributed by atoms with E-state index in [0.29, 0.717) is 0 Å². The minimum Gasteiger partial charge on any atom is -0.351 e. The summed E-state index contributed by atoms with van der Waals surface area (Å²) in [7, 11) is 12.6. The molecule has 0 aliphatic heterocycles. The molecule has 0 amide bonds. The van der Waals surface area contributed by atoms with E-state index in [1.54, 1.807) is 21.1 Å². The van der Waals surface area contributed by atoms with Crippen LogP contribution in [-0.4, -0.2) is 104 Å². The Labute approximate surface area is 383 Å². The first-order chi connectivity index (χ1) is 32.4. The number of fused-ring (bicyclic) bond motifs is 4. The van der Waals surface area contributed by atoms with Crippen LogP contribution in [0, 0.1) is 6.92 Å². The third-order valence-corrected chi connectivity index (χ3v) is 9.04. The number of rotatable bonds is 0. The van der Waals surface area contributed by atoms with Gasteiger partial charge in [0.2, 0.25) is 0 Å². The zero-order valence-corrected chi connectivity index (χ0v) is 38.2. The van der Waals surface area contributed by atoms with Gasteiger partial charge in [0.05, 0.1) is 41.6 Å². The average Bonchev–Trinajstić information content (AvgIpc) is 4.25. The summed E-state index contributed by atoms with van der Waals surface area (Å²) in [6, 6.07) is 37.0. The minimum atomic E-state index is -0.292. The number of hydrogen-bond donors (Lipinski definition) is 2. The summed E-state index contributed by atoms with van der Waals surface area (Å²) in [4.78, 5) is 32.7. The Hall–Kier alpha value is -9.28. The highest BCUT2D eigenvalue weighted by Crippen LogP contribution is 2.13. The fourth-order valence-electron chi connectivity index (χ4n) is 5.58. The standard InChI is InChI=1S/C10H9N.C9H9N.2C8H8N2.C3H5N3O.C2H4N4O.2C2H4N4/c1-8-6-9-4-2-3-5-10(9)11-7-8;1-10-7-6-8-4-2-3-5-9(8)10;1-10-6-9-7-4-2-3-5-8(7)10;1-10-8-5-3-2-4-7(8)6-9-10;1-6-3(7)4-2-5-6;1-6-2(7)3-4-5-6;1-6-2-3-4-5-6;1-6-4-2-3-5-6/h2-7H,1H3;2-7H,1H3;2*2-6H,1H3;2H,1H3,(H,4,5,7);1H3,(H,3,5,7);2*2H,1H3. The van der Waals surface area contributed by atoms with Gasteiger partial charge in [-0.05, 0) is 86.4 Å². The molecular formula is C44H51N21O2. The van der Waals surface area contributed by atoms with Gasteiger partial charge >= 0.3 is 11.4 Å². The largest absolute Gasteiger partial charge is 0.360 e. The van der Waals surface area contributed by atoms with Crippen molar-refractivity contribution < 1.29 is 0 Å². The number of benzene rings is 4. The number of nitrogens with one attached hydrogen (secondary N) is 2. The molecule has 0 saturated carbocycles. The average molecular weight is 906 g/mol. The molecule has 8 aromatic heterocycles. The maximum Gasteiger partial charge on any atom is 0.360 e. The van der Waals surface area contributed by atoms with Crippen LogP contribution in [0.3, 0.4) is 0 Å². The van der Waals surface area contributed by atoms with Gasteiger partial charge in [-0.1, -0.05) is 66.7 Å². The number of aromatic nitrogens is 21. The number of aromatic amines is 2. The van der Waals surface area contributed by atoms with Crippen molar-refractivity contribution >= 4 is 43.7 Å². The summed E-state index contributed by atoms with van der Waals surface area (Å²) < 4.78 is 9.86. The SMILES string of the molecule is Cc1cnc2ccccc2c1.Cn1ccc2ccccc21.Cn1cnc2ccccc21.Cn1cnnn1.Cn1nc[nH]c1=O.Cn1ncc2ccccc21.Cn1ncnn1.Cn1nn[nH]c1=O. The summed E-state index contributed by atoms with van der Waals surface area (Å²) in [5, 5.41) is 40.7. The van der Waals surface area contributed by atoms with Crippen molar-refractivity contribution in [2.45, 2.75) is 6.92 Å². The molecule has 0 radical (unpaired) electrons. The first-order valence-corrected chi connectivity index (χ1v) is 20.3. The number of pyridine rings is 1. The van der Waals surface area contributed by atoms with Crippen molar-refractivity contribution in [2.24, 2.45) is 49.3 Å². The topological polar surface area (TPSA) is 255 Å². The fourth-order valence-corrected chi connectivity index (χ4v) is 5.58. The van der Waals surface area contributed by atoms with Gasteiger partial charge in [-0.2, -0.15) is 19.7 Å². The van der Waals surface area contributed by atoms with Gasteiger partial charge in [0, 0.05) is 71.0 Å². The van der Waals surface area contributed by atoms with Crippen molar-refractivity contribution in [3.8, 4) is 0 Å². The summed E-state index contributed by atoms with van der Waals surface area (Å²) in [6.45, 7) is 2.06. The zero-order valence-electron chi connectivity index (χ0n) is 38.2. The first kappa shape index (κ1) is 48.7. The molecule has 344 valence electrons. The molecular weight excluding hydrogens is 855 g/mol. The second-order valence-electron chi connectivity index (χ2n) is 14.1. The van der Waals surface area contributed by atoms with E-state index < -0.39 is 0 Å². The van der Waals surface area contributed by atoms with Crippen molar-refractivity contribution in [3.63, 3.8) is 0 Å². The highest BCUT2D eigenvalue weighted by atomic mass is 16.2. The Balaban J connectivity index is 0.000000145. The van der Waals surface area contributed by atoms with Crippen molar-refractivity contribution in [3.05, 3.63) is 180 Å². The lowest BCUT2D eigenvalue weighted by Crippen LogP contribution is -2.13. The smallest absolute Gasteiger partial charge is 0.351 e. The Kier molecular flexibility index (Phi) is 18.3. The Morgan fingerprint density at radius 3 is 1.69 bits per heavy atom. The molecule has 2 N–H and O–H groups in total. The molecule has 4 aromatic carbocycles. The molecule has 8 heterocycles. The number of tetrazole rings is 3. The van der Waals surface area contributed by atoms with Gasteiger partial charge < -0.3 is 9.13 Å². The van der Waals surface area contributed by atoms with Gasteiger partial charge in [0.1, 0.15) is 12.7 Å². The Bertz CT molecular complexity index is 3120. The lowest BCUT2D eigenvalue weighted by Gasteiger charge is -1.95. The molecule has 0 unspecified atom stereocenters. The van der Waals surface area contributed by atoms with E-state index in [0.717, 1.165) is 15.7 Å². The second kappa shape index (κ2) is 25.1. The zero-order chi connectivity index (χ0) is 48.0. The number of imidazole rings is 1. The summed E-state index contributed by atoms with van der Waals surface area (Å²) in [5.41, 5.74) is 6.53. The van der Waals surface area contributed by atoms with Crippen LogP contribution in [-0.2, 0) is 49.3 Å². The third kappa shape index (κ3) is 15.5. The minimum absolute atomic E-state index is 0.181. The van der Waals surface area contributed by atoms with E-state index in [-0.39, 0.29) is 11.4 Å². The molecule has 0 aliphatic rings. The van der Waals surface area contributed by atoms with E-state index in [4.69, 9.17) is 0 Å². The van der Waals surface area contributed by atoms with E-state index in [1.165, 1.54) is 78.5 Å². The molecule has 12 aromatic rings. The first-order valence-electron chi connectivity index (χ1n) is 20.3. The second-order valence-corrected chi connectivity index (χ2v) is 14.1. The van der Waals surface area contributed by atoms with E-state index >= 15 is 0 Å². The molecule has 0 spiro atoms. The summed E-state index contributed by atoms with van der Waals surface area (Å²) in [6.07, 6.45) is 11.9. The predicted octanol–water partition coefficient (Wildman–Crippen LogP) is 3.90. The number of H-pyrrole nitrogens is 2. The maximum atomic E-state index is 10.3. The number of para-hydroxylation sites is 5. The number of aryl methyl sites for hydroxylation is 8. The molecule has 0 aliphatic carbocycles. The molecule has 0 atom stereocenters. The van der Waals surface area contributed by atoms with Gasteiger partial charge in [-0.25, -0.2) is 29.0 Å². The fraction of sp³-hybridized carbons (Fsp3) is 0.182. The van der Waals surface area contributed by atoms with Crippen LogP contribution in [0.15, 0.2) is 163 Å². The van der Waals surface area contributed by atoms with Crippen LogP contribution in [0.2, 0.25) is 0 Å². The third-order valence-electron chi connectivity index (χ3n) is 9.04. The summed E-state index contributed by atoms with van der Waals surface area (Å²) in [5.74, 6) is 0. The van der Waals surface area contributed by atoms with Crippen molar-refractivity contribution in [1.82, 2.24) is 104 Å². The van der Waals surface area contributed by atoms with Gasteiger partial charge in [0.25, 0.3) is 0 Å². The Morgan fingerprint density at radius 2 is 1.19 bits per heavy atom. The monoisotopic (exact) mass is 905 g/mol. The number of hydrogen-bond acceptors (Lipinski definition) is 14. The molecule has 0 bridgehead atoms. The Morgan fingerprint density at radius 1 is 0.522 bits per heavy atom. The molecule has 67 heavy (non-hydrogen) atoms. The van der Waals surface area contributed by atoms with Crippen LogP contribution in [0.1, 0.15) is 5.56 Å². The molecule has 23 nitrogen and oxygen atoms in total. The van der Waals surface area contributed by atoms with Crippen LogP contribution < -0.4 is 11.4 Å². The molecule has 23 heteroatoms. The van der Waals surface area contributed by atoms with Crippen molar-refractivity contribution in [2.75, 3.05) is 0 Å². The maximum absolute atomic E-state index is 10.3. The van der Waals surface area contributed by atoms with Crippen LogP contribution in [0.4, 0.5) is 0 Å². The van der Waals surface area contributed by atoms with Crippen molar-refractivity contribution in [1.29, 1.82) is 0 Å². The molecule has 0 saturated heterocycles. The van der Waals surface area contributed by atoms with E-state index in [1.807, 2.05) is 90.6 Å². The highest BCUT2D eigenvalue weighted by Gasteiger charge is 1.96. The van der Waals surface area contributed by atoms with Crippen LogP contribution >= 0.6 is 0 Å². The van der Waals surface area contributed by atoms with E-state index in [9.17, 15) is 9.59 Å². The lowest BCUT2D eigenvalue weighted by atomic mass is 10.2. The summed E-state index contributed by atoms with van der Waals surface area (Å²) >= 11 is 0. The molecule has 0 fully saturated rings. The van der Waals surface area contributed by atoms with Gasteiger partial charge in [0.15, 0.2) is 6.33 Å². The molecule has 12 rings (SSSR count). The van der Waals surface area contributed by atoms with Crippen LogP contribution in [0.5, 0.6) is 0 Å². The normalized spacial score (nSPS) is 9.91. The lowest BCUT2D eigenvalue weighted by molar-refractivity contribution is 0.630. The van der Waals surface area contributed by atoms with Crippen LogP contribution in [0.25, 0.3) is 43.7 Å². The number of nitrogens with zero attached hydrogens (tertiary/aromatic N) is 19. The highest BCUT2D eigenvalue weighted by molar-refractivity contribution is 5.80.